The Kier molecular flexibility index (Phi) is 4.59. The summed E-state index contributed by atoms with van der Waals surface area (Å²) in [7, 11) is 3.37. The number of likely N-dealkylation sites (N-methyl/N-ethyl adjacent to an activating group) is 1. The Balaban J connectivity index is 2.15. The zero-order valence-electron chi connectivity index (χ0n) is 9.58. The van der Waals surface area contributed by atoms with Gasteiger partial charge in [0.15, 0.2) is 0 Å². The number of nitrogens with one attached hydrogen (secondary N) is 1. The van der Waals surface area contributed by atoms with Gasteiger partial charge in [-0.3, -0.25) is 9.59 Å². The topological polar surface area (TPSA) is 49.4 Å². The quantitative estimate of drug-likeness (QED) is 0.748. The second-order valence-electron chi connectivity index (χ2n) is 4.42. The van der Waals surface area contributed by atoms with Crippen molar-refractivity contribution < 1.29 is 9.59 Å². The predicted molar refractivity (Wildman–Crippen MR) is 58.3 cm³/mol. The van der Waals surface area contributed by atoms with Gasteiger partial charge < -0.3 is 10.2 Å². The van der Waals surface area contributed by atoms with Crippen molar-refractivity contribution in [2.75, 3.05) is 20.6 Å². The lowest BCUT2D eigenvalue weighted by Gasteiger charge is -2.12. The molecular formula is C11H20N2O2. The molecule has 0 aliphatic heterocycles. The predicted octanol–water partition coefficient (Wildman–Crippen LogP) is 0.771. The third-order valence-electron chi connectivity index (χ3n) is 2.88. The highest BCUT2D eigenvalue weighted by molar-refractivity contribution is 5.84. The maximum atomic E-state index is 11.4. The maximum absolute atomic E-state index is 11.4. The van der Waals surface area contributed by atoms with Crippen molar-refractivity contribution >= 4 is 11.8 Å². The highest BCUT2D eigenvalue weighted by Crippen LogP contribution is 2.27. The van der Waals surface area contributed by atoms with Crippen LogP contribution in [0.5, 0.6) is 0 Å². The van der Waals surface area contributed by atoms with Gasteiger partial charge in [0.2, 0.25) is 11.8 Å². The SMILES string of the molecule is CN(C)C(=O)CNC(=O)CC1CCCC1. The molecule has 4 nitrogen and oxygen atoms in total. The molecule has 86 valence electrons. The highest BCUT2D eigenvalue weighted by Gasteiger charge is 2.18. The largest absolute Gasteiger partial charge is 0.347 e. The van der Waals surface area contributed by atoms with E-state index in [0.717, 1.165) is 12.8 Å². The van der Waals surface area contributed by atoms with Crippen LogP contribution in [0, 0.1) is 5.92 Å². The second-order valence-corrected chi connectivity index (χ2v) is 4.42. The Morgan fingerprint density at radius 1 is 1.27 bits per heavy atom. The second kappa shape index (κ2) is 5.73. The molecule has 0 aromatic rings. The van der Waals surface area contributed by atoms with Gasteiger partial charge in [0.05, 0.1) is 6.54 Å². The molecule has 0 aromatic carbocycles. The lowest BCUT2D eigenvalue weighted by molar-refractivity contribution is -0.131. The first-order chi connectivity index (χ1) is 7.09. The Morgan fingerprint density at radius 2 is 1.87 bits per heavy atom. The van der Waals surface area contributed by atoms with Crippen molar-refractivity contribution in [1.29, 1.82) is 0 Å². The number of carbonyl (C=O) groups excluding carboxylic acids is 2. The van der Waals surface area contributed by atoms with E-state index < -0.39 is 0 Å². The average Bonchev–Trinajstić information content (AvgIpc) is 2.66. The van der Waals surface area contributed by atoms with Crippen LogP contribution in [-0.4, -0.2) is 37.4 Å². The molecule has 0 unspecified atom stereocenters. The molecule has 1 saturated carbocycles. The molecule has 1 aliphatic carbocycles. The van der Waals surface area contributed by atoms with E-state index in [1.165, 1.54) is 17.7 Å². The first kappa shape index (κ1) is 12.0. The number of carbonyl (C=O) groups is 2. The summed E-state index contributed by atoms with van der Waals surface area (Å²) in [6, 6.07) is 0. The fraction of sp³-hybridized carbons (Fsp3) is 0.818. The molecule has 0 radical (unpaired) electrons. The molecule has 15 heavy (non-hydrogen) atoms. The minimum absolute atomic E-state index is 0.0112. The van der Waals surface area contributed by atoms with Crippen LogP contribution in [0.1, 0.15) is 32.1 Å². The number of amides is 2. The summed E-state index contributed by atoms with van der Waals surface area (Å²) in [6.07, 6.45) is 5.40. The molecule has 1 rings (SSSR count). The van der Waals surface area contributed by atoms with Crippen molar-refractivity contribution in [3.8, 4) is 0 Å². The first-order valence-corrected chi connectivity index (χ1v) is 5.56. The van der Waals surface area contributed by atoms with Crippen molar-refractivity contribution in [3.63, 3.8) is 0 Å². The molecule has 0 spiro atoms. The Morgan fingerprint density at radius 3 is 2.40 bits per heavy atom. The van der Waals surface area contributed by atoms with Crippen LogP contribution in [0.2, 0.25) is 0 Å². The van der Waals surface area contributed by atoms with E-state index in [1.54, 1.807) is 14.1 Å². The van der Waals surface area contributed by atoms with Crippen molar-refractivity contribution in [1.82, 2.24) is 10.2 Å². The molecule has 4 heteroatoms. The first-order valence-electron chi connectivity index (χ1n) is 5.56. The summed E-state index contributed by atoms with van der Waals surface area (Å²) in [4.78, 5) is 24.1. The summed E-state index contributed by atoms with van der Waals surface area (Å²) in [6.45, 7) is 0.124. The molecule has 2 amide bonds. The summed E-state index contributed by atoms with van der Waals surface area (Å²) in [5.41, 5.74) is 0. The van der Waals surface area contributed by atoms with Crippen molar-refractivity contribution in [3.05, 3.63) is 0 Å². The Bertz CT molecular complexity index is 233. The number of hydrogen-bond donors (Lipinski definition) is 1. The number of rotatable bonds is 4. The van der Waals surface area contributed by atoms with Crippen LogP contribution in [0.3, 0.4) is 0 Å². The lowest BCUT2D eigenvalue weighted by Crippen LogP contribution is -2.36. The Labute approximate surface area is 91.0 Å². The van der Waals surface area contributed by atoms with Gasteiger partial charge in [-0.15, -0.1) is 0 Å². The van der Waals surface area contributed by atoms with Crippen LogP contribution in [0.25, 0.3) is 0 Å². The van der Waals surface area contributed by atoms with Crippen LogP contribution in [0.15, 0.2) is 0 Å². The summed E-state index contributed by atoms with van der Waals surface area (Å²) in [5.74, 6) is 0.492. The molecule has 1 aliphatic rings. The fourth-order valence-electron chi connectivity index (χ4n) is 1.88. The monoisotopic (exact) mass is 212 g/mol. The van der Waals surface area contributed by atoms with Gasteiger partial charge in [0, 0.05) is 20.5 Å². The molecule has 0 bridgehead atoms. The maximum Gasteiger partial charge on any atom is 0.241 e. The van der Waals surface area contributed by atoms with Crippen molar-refractivity contribution in [2.24, 2.45) is 5.92 Å². The van der Waals surface area contributed by atoms with Gasteiger partial charge in [-0.1, -0.05) is 12.8 Å². The number of nitrogens with zero attached hydrogens (tertiary/aromatic N) is 1. The minimum Gasteiger partial charge on any atom is -0.347 e. The normalized spacial score (nSPS) is 16.4. The van der Waals surface area contributed by atoms with E-state index in [2.05, 4.69) is 5.32 Å². The molecule has 0 heterocycles. The summed E-state index contributed by atoms with van der Waals surface area (Å²) in [5, 5.41) is 2.66. The third kappa shape index (κ3) is 4.32. The van der Waals surface area contributed by atoms with Crippen LogP contribution < -0.4 is 5.32 Å². The van der Waals surface area contributed by atoms with Gasteiger partial charge in [0.25, 0.3) is 0 Å². The van der Waals surface area contributed by atoms with Gasteiger partial charge in [-0.05, 0) is 18.8 Å². The minimum atomic E-state index is -0.0604. The van der Waals surface area contributed by atoms with Gasteiger partial charge in [-0.2, -0.15) is 0 Å². The van der Waals surface area contributed by atoms with Crippen LogP contribution in [-0.2, 0) is 9.59 Å². The van der Waals surface area contributed by atoms with Gasteiger partial charge in [0.1, 0.15) is 0 Å². The van der Waals surface area contributed by atoms with E-state index in [4.69, 9.17) is 0 Å². The number of hydrogen-bond acceptors (Lipinski definition) is 2. The third-order valence-corrected chi connectivity index (χ3v) is 2.88. The lowest BCUT2D eigenvalue weighted by atomic mass is 10.0. The average molecular weight is 212 g/mol. The van der Waals surface area contributed by atoms with Crippen LogP contribution >= 0.6 is 0 Å². The van der Waals surface area contributed by atoms with E-state index >= 15 is 0 Å². The molecule has 1 N–H and O–H groups in total. The zero-order chi connectivity index (χ0) is 11.3. The van der Waals surface area contributed by atoms with Gasteiger partial charge >= 0.3 is 0 Å². The summed E-state index contributed by atoms with van der Waals surface area (Å²) >= 11 is 0. The Hall–Kier alpha value is -1.06. The fourth-order valence-corrected chi connectivity index (χ4v) is 1.88. The summed E-state index contributed by atoms with van der Waals surface area (Å²) < 4.78 is 0. The van der Waals surface area contributed by atoms with E-state index in [-0.39, 0.29) is 18.4 Å². The molecule has 0 saturated heterocycles. The van der Waals surface area contributed by atoms with E-state index in [0.29, 0.717) is 12.3 Å². The molecule has 0 atom stereocenters. The molecular weight excluding hydrogens is 192 g/mol. The zero-order valence-corrected chi connectivity index (χ0v) is 9.58. The highest BCUT2D eigenvalue weighted by atomic mass is 16.2. The van der Waals surface area contributed by atoms with Gasteiger partial charge in [-0.25, -0.2) is 0 Å². The smallest absolute Gasteiger partial charge is 0.241 e. The van der Waals surface area contributed by atoms with Crippen molar-refractivity contribution in [2.45, 2.75) is 32.1 Å². The van der Waals surface area contributed by atoms with E-state index in [1.807, 2.05) is 0 Å². The molecule has 0 aromatic heterocycles. The standard InChI is InChI=1S/C11H20N2O2/c1-13(2)11(15)8-12-10(14)7-9-5-3-4-6-9/h9H,3-8H2,1-2H3,(H,12,14). The van der Waals surface area contributed by atoms with Crippen LogP contribution in [0.4, 0.5) is 0 Å². The van der Waals surface area contributed by atoms with E-state index in [9.17, 15) is 9.59 Å². The molecule has 1 fully saturated rings.